The lowest BCUT2D eigenvalue weighted by atomic mass is 9.83. The highest BCUT2D eigenvalue weighted by Crippen LogP contribution is 2.28. The van der Waals surface area contributed by atoms with Crippen LogP contribution in [-0.4, -0.2) is 19.0 Å². The minimum Gasteiger partial charge on any atom is -0.373 e. The minimum atomic E-state index is -0.182. The van der Waals surface area contributed by atoms with Crippen LogP contribution in [0, 0.1) is 17.8 Å². The summed E-state index contributed by atoms with van der Waals surface area (Å²) in [7, 11) is 1.66. The van der Waals surface area contributed by atoms with E-state index in [1.54, 1.807) is 14.0 Å². The van der Waals surface area contributed by atoms with Gasteiger partial charge in [-0.05, 0) is 25.7 Å². The van der Waals surface area contributed by atoms with E-state index in [-0.39, 0.29) is 11.9 Å². The molecule has 16 heavy (non-hydrogen) atoms. The Morgan fingerprint density at radius 3 is 2.62 bits per heavy atom. The fourth-order valence-corrected chi connectivity index (χ4v) is 2.48. The molecular formula is C14H22O2. The molecule has 1 aliphatic rings. The highest BCUT2D eigenvalue weighted by Gasteiger charge is 2.28. The third-order valence-electron chi connectivity index (χ3n) is 3.32. The van der Waals surface area contributed by atoms with Crippen LogP contribution in [0.15, 0.2) is 0 Å². The summed E-state index contributed by atoms with van der Waals surface area (Å²) in [6.45, 7) is 1.80. The summed E-state index contributed by atoms with van der Waals surface area (Å²) in [6.07, 6.45) is 7.10. The summed E-state index contributed by atoms with van der Waals surface area (Å²) in [4.78, 5) is 12.0. The number of carbonyl (C=O) groups excluding carboxylic acids is 1. The molecular weight excluding hydrogens is 200 g/mol. The molecule has 0 bridgehead atoms. The zero-order valence-electron chi connectivity index (χ0n) is 10.4. The van der Waals surface area contributed by atoms with E-state index in [4.69, 9.17) is 4.74 Å². The lowest BCUT2D eigenvalue weighted by Crippen LogP contribution is -2.32. The maximum atomic E-state index is 12.0. The minimum absolute atomic E-state index is 0.182. The molecule has 0 N–H and O–H groups in total. The second-order valence-corrected chi connectivity index (χ2v) is 4.45. The third-order valence-corrected chi connectivity index (χ3v) is 3.32. The van der Waals surface area contributed by atoms with Gasteiger partial charge in [-0.15, -0.1) is 11.8 Å². The van der Waals surface area contributed by atoms with E-state index in [9.17, 15) is 4.79 Å². The molecule has 1 unspecified atom stereocenters. The Kier molecular flexibility index (Phi) is 6.18. The standard InChI is InChI=1S/C14H22O2/c1-3-4-6-11-13(15)14(16-2)12-9-7-5-8-10-12/h12,14H,5-11H2,1-2H3. The molecule has 0 saturated heterocycles. The van der Waals surface area contributed by atoms with Crippen molar-refractivity contribution in [3.63, 3.8) is 0 Å². The molecule has 1 fully saturated rings. The quantitative estimate of drug-likeness (QED) is 0.668. The highest BCUT2D eigenvalue weighted by atomic mass is 16.5. The SMILES string of the molecule is CC#CCCC(=O)C(OC)C1CCCCC1. The molecule has 0 aromatic rings. The van der Waals surface area contributed by atoms with Gasteiger partial charge in [0.05, 0.1) is 0 Å². The molecule has 90 valence electrons. The number of hydrogen-bond donors (Lipinski definition) is 0. The molecule has 1 saturated carbocycles. The van der Waals surface area contributed by atoms with E-state index in [1.807, 2.05) is 0 Å². The van der Waals surface area contributed by atoms with Crippen LogP contribution in [0.4, 0.5) is 0 Å². The van der Waals surface area contributed by atoms with Gasteiger partial charge in [0.15, 0.2) is 5.78 Å². The van der Waals surface area contributed by atoms with Crippen molar-refractivity contribution < 1.29 is 9.53 Å². The number of ketones is 1. The summed E-state index contributed by atoms with van der Waals surface area (Å²) in [5.41, 5.74) is 0. The monoisotopic (exact) mass is 222 g/mol. The number of carbonyl (C=O) groups is 1. The summed E-state index contributed by atoms with van der Waals surface area (Å²) in [5.74, 6) is 6.43. The molecule has 1 aliphatic carbocycles. The fraction of sp³-hybridized carbons (Fsp3) is 0.786. The van der Waals surface area contributed by atoms with Crippen molar-refractivity contribution in [1.82, 2.24) is 0 Å². The molecule has 0 radical (unpaired) electrons. The first-order valence-corrected chi connectivity index (χ1v) is 6.24. The molecule has 1 rings (SSSR count). The summed E-state index contributed by atoms with van der Waals surface area (Å²) >= 11 is 0. The molecule has 2 nitrogen and oxygen atoms in total. The van der Waals surface area contributed by atoms with Gasteiger partial charge in [-0.3, -0.25) is 4.79 Å². The van der Waals surface area contributed by atoms with Crippen molar-refractivity contribution in [2.45, 2.75) is 58.0 Å². The van der Waals surface area contributed by atoms with Crippen molar-refractivity contribution in [3.05, 3.63) is 0 Å². The highest BCUT2D eigenvalue weighted by molar-refractivity contribution is 5.83. The van der Waals surface area contributed by atoms with Crippen molar-refractivity contribution >= 4 is 5.78 Å². The van der Waals surface area contributed by atoms with Crippen molar-refractivity contribution in [2.24, 2.45) is 5.92 Å². The summed E-state index contributed by atoms with van der Waals surface area (Å²) < 4.78 is 5.38. The van der Waals surface area contributed by atoms with Crippen molar-refractivity contribution in [3.8, 4) is 11.8 Å². The first kappa shape index (κ1) is 13.3. The van der Waals surface area contributed by atoms with Gasteiger partial charge in [-0.25, -0.2) is 0 Å². The van der Waals surface area contributed by atoms with Crippen LogP contribution in [0.25, 0.3) is 0 Å². The molecule has 0 aromatic heterocycles. The van der Waals surface area contributed by atoms with E-state index in [2.05, 4.69) is 11.8 Å². The average molecular weight is 222 g/mol. The fourth-order valence-electron chi connectivity index (χ4n) is 2.48. The van der Waals surface area contributed by atoms with Crippen molar-refractivity contribution in [2.75, 3.05) is 7.11 Å². The normalized spacial score (nSPS) is 18.6. The Bertz CT molecular complexity index is 266. The van der Waals surface area contributed by atoms with Gasteiger partial charge in [0.25, 0.3) is 0 Å². The van der Waals surface area contributed by atoms with Gasteiger partial charge in [-0.1, -0.05) is 19.3 Å². The van der Waals surface area contributed by atoms with Crippen molar-refractivity contribution in [1.29, 1.82) is 0 Å². The van der Waals surface area contributed by atoms with E-state index in [0.29, 0.717) is 18.8 Å². The van der Waals surface area contributed by atoms with Crippen LogP contribution in [0.3, 0.4) is 0 Å². The van der Waals surface area contributed by atoms with Gasteiger partial charge >= 0.3 is 0 Å². The Hall–Kier alpha value is -0.810. The first-order valence-electron chi connectivity index (χ1n) is 6.24. The second-order valence-electron chi connectivity index (χ2n) is 4.45. The number of ether oxygens (including phenoxy) is 1. The predicted octanol–water partition coefficient (Wildman–Crippen LogP) is 2.95. The zero-order chi connectivity index (χ0) is 11.8. The Balaban J connectivity index is 2.43. The largest absolute Gasteiger partial charge is 0.373 e. The third kappa shape index (κ3) is 3.98. The van der Waals surface area contributed by atoms with Crippen LogP contribution in [0.2, 0.25) is 0 Å². The lowest BCUT2D eigenvalue weighted by Gasteiger charge is -2.28. The van der Waals surface area contributed by atoms with Gasteiger partial charge in [0, 0.05) is 20.0 Å². The summed E-state index contributed by atoms with van der Waals surface area (Å²) in [6, 6.07) is 0. The van der Waals surface area contributed by atoms with Gasteiger partial charge < -0.3 is 4.74 Å². The molecule has 0 heterocycles. The van der Waals surface area contributed by atoms with E-state index in [1.165, 1.54) is 19.3 Å². The molecule has 1 atom stereocenters. The van der Waals surface area contributed by atoms with Crippen LogP contribution < -0.4 is 0 Å². The zero-order valence-corrected chi connectivity index (χ0v) is 10.4. The average Bonchev–Trinajstić information content (AvgIpc) is 2.32. The van der Waals surface area contributed by atoms with E-state index < -0.39 is 0 Å². The van der Waals surface area contributed by atoms with Gasteiger partial charge in [-0.2, -0.15) is 0 Å². The lowest BCUT2D eigenvalue weighted by molar-refractivity contribution is -0.132. The number of Topliss-reactive ketones (excluding diaryl/α,β-unsaturated/α-hetero) is 1. The van der Waals surface area contributed by atoms with Crippen LogP contribution >= 0.6 is 0 Å². The van der Waals surface area contributed by atoms with Crippen LogP contribution in [-0.2, 0) is 9.53 Å². The Labute approximate surface area is 98.8 Å². The van der Waals surface area contributed by atoms with Gasteiger partial charge in [0.1, 0.15) is 6.10 Å². The van der Waals surface area contributed by atoms with Crippen LogP contribution in [0.5, 0.6) is 0 Å². The maximum absolute atomic E-state index is 12.0. The van der Waals surface area contributed by atoms with Crippen LogP contribution in [0.1, 0.15) is 51.9 Å². The number of hydrogen-bond acceptors (Lipinski definition) is 2. The first-order chi connectivity index (χ1) is 7.79. The topological polar surface area (TPSA) is 26.3 Å². The molecule has 0 aromatic carbocycles. The number of methoxy groups -OCH3 is 1. The Morgan fingerprint density at radius 1 is 1.38 bits per heavy atom. The number of rotatable bonds is 5. The smallest absolute Gasteiger partial charge is 0.162 e. The predicted molar refractivity (Wildman–Crippen MR) is 65.1 cm³/mol. The van der Waals surface area contributed by atoms with E-state index in [0.717, 1.165) is 12.8 Å². The van der Waals surface area contributed by atoms with E-state index >= 15 is 0 Å². The molecule has 0 spiro atoms. The van der Waals surface area contributed by atoms with Gasteiger partial charge in [0.2, 0.25) is 0 Å². The second kappa shape index (κ2) is 7.46. The maximum Gasteiger partial charge on any atom is 0.162 e. The molecule has 0 amide bonds. The summed E-state index contributed by atoms with van der Waals surface area (Å²) in [5, 5.41) is 0. The molecule has 0 aliphatic heterocycles. The molecule has 2 heteroatoms. The Morgan fingerprint density at radius 2 is 2.06 bits per heavy atom.